The standard InChI is InChI=1S/C47H73NO17/c1-27-17-15-13-11-9-7-5-6-8-10-12-14-16-18-34(64-46-44(58)41(48)43(57)30(4)63-46)24-38-40(45(59)60)37(54)26-47(61,65-38)25-33(51)22-36(53)35(52)20-19-31(49)21-32(50)23-39(55)62-29(3)28(2)42(27)56/h5-18,27-38,40-44,46,49-54,56-58,61H,19-26,48H2,1-4H3,(H,59,60)/t27-,28-,29-,30+,31+,32+,33-,34-,35+,36+,37-,38-,40+,41-,42+,43+,44-,46-,47-/m0/s1. The molecular formula is C47H73NO17. The summed E-state index contributed by atoms with van der Waals surface area (Å²) in [6.45, 7) is 6.74. The van der Waals surface area contributed by atoms with Gasteiger partial charge in [-0.25, -0.2) is 0 Å². The molecular weight excluding hydrogens is 851 g/mol. The highest BCUT2D eigenvalue weighted by Crippen LogP contribution is 2.38. The number of carbonyl (C=O) groups excluding carboxylic acids is 1. The molecule has 3 aliphatic heterocycles. The van der Waals surface area contributed by atoms with Gasteiger partial charge in [0, 0.05) is 37.5 Å². The highest BCUT2D eigenvalue weighted by molar-refractivity contribution is 5.71. The van der Waals surface area contributed by atoms with Crippen LogP contribution in [-0.2, 0) is 28.5 Å². The van der Waals surface area contributed by atoms with Crippen LogP contribution in [0, 0.1) is 17.8 Å². The van der Waals surface area contributed by atoms with Gasteiger partial charge in [-0.1, -0.05) is 98.9 Å². The van der Waals surface area contributed by atoms with Gasteiger partial charge in [0.25, 0.3) is 0 Å². The second kappa shape index (κ2) is 27.4. The van der Waals surface area contributed by atoms with E-state index in [0.29, 0.717) is 0 Å². The van der Waals surface area contributed by atoms with E-state index >= 15 is 0 Å². The minimum absolute atomic E-state index is 0.107. The van der Waals surface area contributed by atoms with E-state index < -0.39 is 147 Å². The number of aliphatic hydroxyl groups excluding tert-OH is 9. The van der Waals surface area contributed by atoms with E-state index in [0.717, 1.165) is 0 Å². The molecule has 2 fully saturated rings. The van der Waals surface area contributed by atoms with Crippen molar-refractivity contribution in [3.05, 3.63) is 85.1 Å². The molecule has 0 amide bonds. The summed E-state index contributed by atoms with van der Waals surface area (Å²) in [5.41, 5.74) is 6.02. The predicted molar refractivity (Wildman–Crippen MR) is 237 cm³/mol. The van der Waals surface area contributed by atoms with Crippen molar-refractivity contribution in [1.82, 2.24) is 0 Å². The molecule has 2 bridgehead atoms. The number of hydrogen-bond donors (Lipinski definition) is 12. The number of esters is 1. The van der Waals surface area contributed by atoms with E-state index in [4.69, 9.17) is 24.7 Å². The fraction of sp³-hybridized carbons (Fsp3) is 0.660. The van der Waals surface area contributed by atoms with Gasteiger partial charge in [-0.05, 0) is 33.1 Å². The molecule has 0 aromatic heterocycles. The first kappa shape index (κ1) is 55.9. The average molecular weight is 924 g/mol. The number of cyclic esters (lactones) is 1. The van der Waals surface area contributed by atoms with Crippen molar-refractivity contribution in [2.45, 2.75) is 177 Å². The maximum absolute atomic E-state index is 12.6. The van der Waals surface area contributed by atoms with E-state index in [1.54, 1.807) is 80.7 Å². The molecule has 3 rings (SSSR count). The number of carboxylic acid groups (broad SMARTS) is 1. The molecule has 13 N–H and O–H groups in total. The molecule has 65 heavy (non-hydrogen) atoms. The first-order valence-corrected chi connectivity index (χ1v) is 22.3. The zero-order valence-electron chi connectivity index (χ0n) is 37.6. The summed E-state index contributed by atoms with van der Waals surface area (Å²) in [5.74, 6) is -6.83. The zero-order valence-corrected chi connectivity index (χ0v) is 37.6. The molecule has 0 aromatic carbocycles. The van der Waals surface area contributed by atoms with Crippen molar-refractivity contribution in [2.75, 3.05) is 0 Å². The second-order valence-corrected chi connectivity index (χ2v) is 17.6. The van der Waals surface area contributed by atoms with Gasteiger partial charge in [0.2, 0.25) is 0 Å². The van der Waals surface area contributed by atoms with Crippen LogP contribution in [0.4, 0.5) is 0 Å². The van der Waals surface area contributed by atoms with Gasteiger partial charge in [0.1, 0.15) is 18.1 Å². The third-order valence-electron chi connectivity index (χ3n) is 12.0. The van der Waals surface area contributed by atoms with E-state index in [1.165, 1.54) is 13.0 Å². The Morgan fingerprint density at radius 1 is 0.662 bits per heavy atom. The average Bonchev–Trinajstić information content (AvgIpc) is 3.21. The van der Waals surface area contributed by atoms with Gasteiger partial charge in [-0.15, -0.1) is 0 Å². The fourth-order valence-corrected chi connectivity index (χ4v) is 7.97. The normalized spacial score (nSPS) is 42.0. The molecule has 0 spiro atoms. The SMILES string of the molecule is C[C@@H]1[C@H](O)[C@@H](C)C=CC=CC=CC=CC=CC=CC=C[C@H](O[C@@H]2O[C@H](C)[C@@H](O)[C@H](N)[C@@H]2O)C[C@@H]2O[C@@](O)(C[C@@H](O)C[C@@H](O)[C@H](O)CC[C@@H](O)C[C@@H](O)CC(=O)O[C@H]1C)C[C@H](O)[C@H]2C(=O)O. The Morgan fingerprint density at radius 3 is 1.82 bits per heavy atom. The number of allylic oxidation sites excluding steroid dienone is 12. The van der Waals surface area contributed by atoms with E-state index in [2.05, 4.69) is 0 Å². The van der Waals surface area contributed by atoms with Crippen LogP contribution in [0.3, 0.4) is 0 Å². The van der Waals surface area contributed by atoms with E-state index in [1.807, 2.05) is 19.1 Å². The Morgan fingerprint density at radius 2 is 1.23 bits per heavy atom. The fourth-order valence-electron chi connectivity index (χ4n) is 7.97. The van der Waals surface area contributed by atoms with Crippen molar-refractivity contribution in [2.24, 2.45) is 23.5 Å². The topological polar surface area (TPSA) is 320 Å². The summed E-state index contributed by atoms with van der Waals surface area (Å²) < 4.78 is 23.1. The number of aliphatic hydroxyl groups is 10. The second-order valence-electron chi connectivity index (χ2n) is 17.6. The smallest absolute Gasteiger partial charge is 0.311 e. The molecule has 3 heterocycles. The molecule has 18 heteroatoms. The lowest BCUT2D eigenvalue weighted by atomic mass is 9.82. The van der Waals surface area contributed by atoms with E-state index in [9.17, 15) is 65.8 Å². The zero-order chi connectivity index (χ0) is 48.4. The summed E-state index contributed by atoms with van der Waals surface area (Å²) in [6.07, 6.45) is 3.46. The van der Waals surface area contributed by atoms with Gasteiger partial charge < -0.3 is 80.9 Å². The lowest BCUT2D eigenvalue weighted by Crippen LogP contribution is -2.61. The number of nitrogens with two attached hydrogens (primary N) is 1. The minimum atomic E-state index is -2.33. The van der Waals surface area contributed by atoms with Gasteiger partial charge in [-0.2, -0.15) is 0 Å². The Hall–Kier alpha value is -3.44. The van der Waals surface area contributed by atoms with Crippen LogP contribution in [-0.4, -0.2) is 166 Å². The number of fused-ring (bicyclic) bond motifs is 2. The number of ether oxygens (including phenoxy) is 4. The first-order chi connectivity index (χ1) is 30.6. The summed E-state index contributed by atoms with van der Waals surface area (Å²) in [7, 11) is 0. The third kappa shape index (κ3) is 18.6. The van der Waals surface area contributed by atoms with Gasteiger partial charge in [-0.3, -0.25) is 9.59 Å². The van der Waals surface area contributed by atoms with Crippen molar-refractivity contribution in [1.29, 1.82) is 0 Å². The monoisotopic (exact) mass is 923 g/mol. The molecule has 2 saturated heterocycles. The molecule has 19 atom stereocenters. The van der Waals surface area contributed by atoms with Gasteiger partial charge >= 0.3 is 11.9 Å². The lowest BCUT2D eigenvalue weighted by molar-refractivity contribution is -0.308. The quantitative estimate of drug-likeness (QED) is 0.174. The molecule has 0 saturated carbocycles. The highest BCUT2D eigenvalue weighted by atomic mass is 16.7. The van der Waals surface area contributed by atoms with Crippen molar-refractivity contribution < 1.29 is 84.7 Å². The van der Waals surface area contributed by atoms with Crippen molar-refractivity contribution in [3.63, 3.8) is 0 Å². The number of hydrogen-bond acceptors (Lipinski definition) is 17. The number of carboxylic acids is 1. The number of rotatable bonds is 3. The predicted octanol–water partition coefficient (Wildman–Crippen LogP) is 0.712. The van der Waals surface area contributed by atoms with Crippen molar-refractivity contribution >= 4 is 11.9 Å². The maximum Gasteiger partial charge on any atom is 0.311 e. The van der Waals surface area contributed by atoms with Crippen LogP contribution in [0.1, 0.15) is 79.1 Å². The number of aliphatic carboxylic acids is 1. The van der Waals surface area contributed by atoms with Crippen LogP contribution in [0.15, 0.2) is 85.1 Å². The Balaban J connectivity index is 1.86. The lowest BCUT2D eigenvalue weighted by Gasteiger charge is -2.45. The molecule has 0 unspecified atom stereocenters. The molecule has 0 aromatic rings. The summed E-state index contributed by atoms with van der Waals surface area (Å²) in [4.78, 5) is 25.1. The van der Waals surface area contributed by atoms with Crippen LogP contribution < -0.4 is 5.73 Å². The molecule has 0 radical (unpaired) electrons. The number of carbonyl (C=O) groups is 2. The minimum Gasteiger partial charge on any atom is -0.481 e. The first-order valence-electron chi connectivity index (χ1n) is 22.3. The van der Waals surface area contributed by atoms with Gasteiger partial charge in [0.05, 0.1) is 79.6 Å². The maximum atomic E-state index is 12.6. The van der Waals surface area contributed by atoms with Crippen LogP contribution in [0.5, 0.6) is 0 Å². The van der Waals surface area contributed by atoms with Gasteiger partial charge in [0.15, 0.2) is 12.1 Å². The Labute approximate surface area is 381 Å². The van der Waals surface area contributed by atoms with Crippen LogP contribution in [0.25, 0.3) is 0 Å². The van der Waals surface area contributed by atoms with Crippen LogP contribution >= 0.6 is 0 Å². The molecule has 368 valence electrons. The highest BCUT2D eigenvalue weighted by Gasteiger charge is 2.51. The van der Waals surface area contributed by atoms with E-state index in [-0.39, 0.29) is 31.6 Å². The molecule has 0 aliphatic carbocycles. The molecule has 18 nitrogen and oxygen atoms in total. The Bertz CT molecular complexity index is 1670. The summed E-state index contributed by atoms with van der Waals surface area (Å²) in [5, 5.41) is 118. The van der Waals surface area contributed by atoms with Crippen LogP contribution in [0.2, 0.25) is 0 Å². The van der Waals surface area contributed by atoms with Crippen molar-refractivity contribution in [3.8, 4) is 0 Å². The third-order valence-corrected chi connectivity index (χ3v) is 12.0. The molecule has 3 aliphatic rings. The summed E-state index contributed by atoms with van der Waals surface area (Å²) in [6, 6.07) is -1.15. The Kier molecular flexibility index (Phi) is 23.6. The summed E-state index contributed by atoms with van der Waals surface area (Å²) >= 11 is 0. The largest absolute Gasteiger partial charge is 0.481 e.